The molecular formula is C16H25N. The van der Waals surface area contributed by atoms with Crippen molar-refractivity contribution in [1.29, 1.82) is 0 Å². The molecule has 0 aliphatic heterocycles. The van der Waals surface area contributed by atoms with Gasteiger partial charge in [-0.15, -0.1) is 0 Å². The maximum Gasteiger partial charge on any atom is -0.00746 e. The maximum atomic E-state index is 5.65. The van der Waals surface area contributed by atoms with Gasteiger partial charge in [0.05, 0.1) is 0 Å². The first-order valence-corrected chi connectivity index (χ1v) is 7.00. The van der Waals surface area contributed by atoms with Gasteiger partial charge in [-0.3, -0.25) is 0 Å². The van der Waals surface area contributed by atoms with Crippen LogP contribution in [0.1, 0.15) is 62.5 Å². The molecule has 2 rings (SSSR count). The Labute approximate surface area is 105 Å². The first-order chi connectivity index (χ1) is 8.20. The number of rotatable bonds is 4. The molecule has 17 heavy (non-hydrogen) atoms. The summed E-state index contributed by atoms with van der Waals surface area (Å²) in [5.41, 5.74) is 8.63. The molecule has 1 aliphatic carbocycles. The lowest BCUT2D eigenvalue weighted by Gasteiger charge is -2.13. The van der Waals surface area contributed by atoms with Crippen LogP contribution in [0.15, 0.2) is 24.3 Å². The average molecular weight is 231 g/mol. The summed E-state index contributed by atoms with van der Waals surface area (Å²) in [5, 5.41) is 0. The molecule has 2 atom stereocenters. The number of hydrogen-bond acceptors (Lipinski definition) is 1. The Balaban J connectivity index is 1.99. The summed E-state index contributed by atoms with van der Waals surface area (Å²) in [4.78, 5) is 0. The second-order valence-electron chi connectivity index (χ2n) is 5.77. The van der Waals surface area contributed by atoms with Gasteiger partial charge in [-0.05, 0) is 61.1 Å². The molecule has 2 N–H and O–H groups in total. The van der Waals surface area contributed by atoms with E-state index in [-0.39, 0.29) is 0 Å². The maximum absolute atomic E-state index is 5.65. The Kier molecular flexibility index (Phi) is 4.22. The molecule has 1 fully saturated rings. The van der Waals surface area contributed by atoms with E-state index in [9.17, 15) is 0 Å². The summed E-state index contributed by atoms with van der Waals surface area (Å²) in [6.45, 7) is 5.35. The minimum atomic E-state index is 0.637. The van der Waals surface area contributed by atoms with Crippen LogP contribution in [0.4, 0.5) is 0 Å². The zero-order chi connectivity index (χ0) is 12.3. The van der Waals surface area contributed by atoms with Crippen molar-refractivity contribution in [2.45, 2.75) is 51.4 Å². The molecule has 1 saturated carbocycles. The van der Waals surface area contributed by atoms with Crippen molar-refractivity contribution < 1.29 is 0 Å². The molecular weight excluding hydrogens is 206 g/mol. The molecule has 1 heteroatoms. The Hall–Kier alpha value is -0.820. The lowest BCUT2D eigenvalue weighted by Crippen LogP contribution is -2.05. The summed E-state index contributed by atoms with van der Waals surface area (Å²) < 4.78 is 0. The van der Waals surface area contributed by atoms with Crippen LogP contribution >= 0.6 is 0 Å². The highest BCUT2D eigenvalue weighted by Crippen LogP contribution is 2.39. The average Bonchev–Trinajstić information content (AvgIpc) is 2.78. The van der Waals surface area contributed by atoms with Gasteiger partial charge in [0.15, 0.2) is 0 Å². The third kappa shape index (κ3) is 3.10. The van der Waals surface area contributed by atoms with Crippen LogP contribution in [-0.4, -0.2) is 6.54 Å². The molecule has 0 heterocycles. The fourth-order valence-electron chi connectivity index (χ4n) is 3.03. The molecule has 1 nitrogen and oxygen atoms in total. The minimum absolute atomic E-state index is 0.637. The van der Waals surface area contributed by atoms with Crippen LogP contribution in [0.2, 0.25) is 0 Å². The van der Waals surface area contributed by atoms with Gasteiger partial charge < -0.3 is 5.73 Å². The van der Waals surface area contributed by atoms with Crippen LogP contribution in [0.5, 0.6) is 0 Å². The van der Waals surface area contributed by atoms with E-state index in [1.165, 1.54) is 36.8 Å². The quantitative estimate of drug-likeness (QED) is 0.831. The number of nitrogens with two attached hydrogens (primary N) is 1. The summed E-state index contributed by atoms with van der Waals surface area (Å²) in [5.74, 6) is 2.29. The van der Waals surface area contributed by atoms with Crippen molar-refractivity contribution >= 4 is 0 Å². The molecule has 0 saturated heterocycles. The first kappa shape index (κ1) is 12.6. The zero-order valence-corrected chi connectivity index (χ0v) is 11.2. The van der Waals surface area contributed by atoms with Gasteiger partial charge in [-0.2, -0.15) is 0 Å². The van der Waals surface area contributed by atoms with Gasteiger partial charge in [0.1, 0.15) is 0 Å². The number of hydrogen-bond donors (Lipinski definition) is 1. The molecule has 1 aromatic rings. The molecule has 1 aromatic carbocycles. The molecule has 0 radical (unpaired) electrons. The van der Waals surface area contributed by atoms with Gasteiger partial charge in [-0.1, -0.05) is 38.1 Å². The van der Waals surface area contributed by atoms with Crippen LogP contribution in [0, 0.1) is 5.92 Å². The van der Waals surface area contributed by atoms with Gasteiger partial charge in [0, 0.05) is 0 Å². The lowest BCUT2D eigenvalue weighted by molar-refractivity contribution is 0.503. The van der Waals surface area contributed by atoms with E-state index in [0.717, 1.165) is 18.4 Å². The van der Waals surface area contributed by atoms with Crippen LogP contribution in [-0.2, 0) is 0 Å². The fraction of sp³-hybridized carbons (Fsp3) is 0.625. The summed E-state index contributed by atoms with van der Waals surface area (Å²) in [6.07, 6.45) is 5.28. The molecule has 94 valence electrons. The second-order valence-corrected chi connectivity index (χ2v) is 5.77. The lowest BCUT2D eigenvalue weighted by atomic mass is 9.93. The smallest absolute Gasteiger partial charge is 0.00746 e. The molecule has 1 aliphatic rings. The van der Waals surface area contributed by atoms with Gasteiger partial charge in [-0.25, -0.2) is 0 Å². The Morgan fingerprint density at radius 2 is 1.88 bits per heavy atom. The third-order valence-electron chi connectivity index (χ3n) is 4.19. The van der Waals surface area contributed by atoms with E-state index in [1.807, 2.05) is 0 Å². The molecule has 0 amide bonds. The fourth-order valence-corrected chi connectivity index (χ4v) is 3.03. The van der Waals surface area contributed by atoms with E-state index in [2.05, 4.69) is 38.1 Å². The molecule has 0 spiro atoms. The topological polar surface area (TPSA) is 26.0 Å². The molecule has 0 bridgehead atoms. The van der Waals surface area contributed by atoms with Crippen molar-refractivity contribution in [2.24, 2.45) is 11.7 Å². The van der Waals surface area contributed by atoms with Crippen LogP contribution in [0.3, 0.4) is 0 Å². The van der Waals surface area contributed by atoms with Crippen LogP contribution in [0.25, 0.3) is 0 Å². The highest BCUT2D eigenvalue weighted by Gasteiger charge is 2.25. The third-order valence-corrected chi connectivity index (χ3v) is 4.19. The van der Waals surface area contributed by atoms with E-state index in [1.54, 1.807) is 0 Å². The Bertz CT molecular complexity index is 339. The first-order valence-electron chi connectivity index (χ1n) is 7.00. The monoisotopic (exact) mass is 231 g/mol. The Morgan fingerprint density at radius 3 is 2.47 bits per heavy atom. The predicted octanol–water partition coefficient (Wildman–Crippen LogP) is 4.04. The van der Waals surface area contributed by atoms with E-state index >= 15 is 0 Å². The van der Waals surface area contributed by atoms with Crippen molar-refractivity contribution in [3.63, 3.8) is 0 Å². The van der Waals surface area contributed by atoms with Gasteiger partial charge in [0.2, 0.25) is 0 Å². The largest absolute Gasteiger partial charge is 0.330 e. The SMILES string of the molecule is CC(C)c1ccc(C2CCC(CCN)C2)cc1. The molecule has 2 unspecified atom stereocenters. The highest BCUT2D eigenvalue weighted by atomic mass is 14.5. The summed E-state index contributed by atoms with van der Waals surface area (Å²) in [6, 6.07) is 9.28. The molecule has 0 aromatic heterocycles. The Morgan fingerprint density at radius 1 is 1.18 bits per heavy atom. The van der Waals surface area contributed by atoms with E-state index in [0.29, 0.717) is 5.92 Å². The van der Waals surface area contributed by atoms with Gasteiger partial charge in [0.25, 0.3) is 0 Å². The highest BCUT2D eigenvalue weighted by molar-refractivity contribution is 5.27. The van der Waals surface area contributed by atoms with Crippen molar-refractivity contribution in [3.8, 4) is 0 Å². The van der Waals surface area contributed by atoms with Crippen molar-refractivity contribution in [3.05, 3.63) is 35.4 Å². The van der Waals surface area contributed by atoms with E-state index < -0.39 is 0 Å². The van der Waals surface area contributed by atoms with Crippen LogP contribution < -0.4 is 5.73 Å². The zero-order valence-electron chi connectivity index (χ0n) is 11.2. The van der Waals surface area contributed by atoms with Crippen molar-refractivity contribution in [2.75, 3.05) is 6.54 Å². The summed E-state index contributed by atoms with van der Waals surface area (Å²) >= 11 is 0. The van der Waals surface area contributed by atoms with E-state index in [4.69, 9.17) is 5.73 Å². The second kappa shape index (κ2) is 5.68. The van der Waals surface area contributed by atoms with Crippen molar-refractivity contribution in [1.82, 2.24) is 0 Å². The number of benzene rings is 1. The van der Waals surface area contributed by atoms with Gasteiger partial charge >= 0.3 is 0 Å². The standard InChI is InChI=1S/C16H25N/c1-12(2)14-5-7-15(8-6-14)16-4-3-13(11-16)9-10-17/h5-8,12-13,16H,3-4,9-11,17H2,1-2H3. The minimum Gasteiger partial charge on any atom is -0.330 e. The normalized spacial score (nSPS) is 24.5. The summed E-state index contributed by atoms with van der Waals surface area (Å²) in [7, 11) is 0. The predicted molar refractivity (Wildman–Crippen MR) is 74.3 cm³/mol.